The predicted octanol–water partition coefficient (Wildman–Crippen LogP) is 3.13. The van der Waals surface area contributed by atoms with E-state index >= 15 is 0 Å². The zero-order chi connectivity index (χ0) is 19.4. The Bertz CT molecular complexity index is 960. The Morgan fingerprint density at radius 3 is 2.26 bits per heavy atom. The number of carbonyl (C=O) groups excluding carboxylic acids is 2. The molecule has 7 heteroatoms. The van der Waals surface area contributed by atoms with Crippen LogP contribution in [0.5, 0.6) is 5.75 Å². The molecule has 0 bridgehead atoms. The van der Waals surface area contributed by atoms with Gasteiger partial charge < -0.3 is 14.8 Å². The van der Waals surface area contributed by atoms with Crippen molar-refractivity contribution in [2.75, 3.05) is 19.5 Å². The number of esters is 1. The first-order chi connectivity index (χ1) is 13.0. The molecule has 1 N–H and O–H groups in total. The minimum absolute atomic E-state index is 0.296. The number of amides is 1. The highest BCUT2D eigenvalue weighted by Crippen LogP contribution is 2.22. The second-order valence-corrected chi connectivity index (χ2v) is 5.79. The van der Waals surface area contributed by atoms with E-state index in [-0.39, 0.29) is 5.91 Å². The molecule has 1 heterocycles. The van der Waals surface area contributed by atoms with Crippen LogP contribution >= 0.6 is 0 Å². The SMILES string of the molecule is COC(=O)c1ccc(NC(=O)c2cc(-c3ccc(OC)cc3)nn2C)cc1. The third kappa shape index (κ3) is 3.98. The molecular weight excluding hydrogens is 346 g/mol. The zero-order valence-corrected chi connectivity index (χ0v) is 15.2. The summed E-state index contributed by atoms with van der Waals surface area (Å²) in [4.78, 5) is 24.0. The van der Waals surface area contributed by atoms with Crippen LogP contribution in [0, 0.1) is 0 Å². The molecule has 0 spiro atoms. The van der Waals surface area contributed by atoms with Crippen LogP contribution < -0.4 is 10.1 Å². The molecule has 0 saturated carbocycles. The Morgan fingerprint density at radius 1 is 1.00 bits per heavy atom. The summed E-state index contributed by atoms with van der Waals surface area (Å²) in [6.07, 6.45) is 0. The first kappa shape index (κ1) is 18.2. The van der Waals surface area contributed by atoms with Crippen molar-refractivity contribution >= 4 is 17.6 Å². The molecule has 0 fully saturated rings. The second-order valence-electron chi connectivity index (χ2n) is 5.79. The monoisotopic (exact) mass is 365 g/mol. The number of nitrogens with zero attached hydrogens (tertiary/aromatic N) is 2. The number of ether oxygens (including phenoxy) is 2. The average Bonchev–Trinajstić information content (AvgIpc) is 3.10. The van der Waals surface area contributed by atoms with Crippen molar-refractivity contribution in [3.8, 4) is 17.0 Å². The lowest BCUT2D eigenvalue weighted by Crippen LogP contribution is -2.16. The first-order valence-electron chi connectivity index (χ1n) is 8.20. The number of nitrogens with one attached hydrogen (secondary N) is 1. The van der Waals surface area contributed by atoms with Crippen LogP contribution in [0.2, 0.25) is 0 Å². The van der Waals surface area contributed by atoms with E-state index in [9.17, 15) is 9.59 Å². The molecule has 0 unspecified atom stereocenters. The summed E-state index contributed by atoms with van der Waals surface area (Å²) in [5.74, 6) is 0.0299. The van der Waals surface area contributed by atoms with Crippen LogP contribution in [0.1, 0.15) is 20.8 Å². The molecule has 0 aliphatic heterocycles. The lowest BCUT2D eigenvalue weighted by molar-refractivity contribution is 0.0600. The first-order valence-corrected chi connectivity index (χ1v) is 8.20. The molecule has 7 nitrogen and oxygen atoms in total. The van der Waals surface area contributed by atoms with Crippen LogP contribution in [0.25, 0.3) is 11.3 Å². The van der Waals surface area contributed by atoms with Crippen LogP contribution in [0.3, 0.4) is 0 Å². The highest BCUT2D eigenvalue weighted by molar-refractivity contribution is 6.04. The van der Waals surface area contributed by atoms with E-state index in [1.165, 1.54) is 11.8 Å². The number of hydrogen-bond donors (Lipinski definition) is 1. The number of rotatable bonds is 5. The Hall–Kier alpha value is -3.61. The van der Waals surface area contributed by atoms with Crippen LogP contribution in [0.4, 0.5) is 5.69 Å². The fourth-order valence-corrected chi connectivity index (χ4v) is 2.59. The van der Waals surface area contributed by atoms with Gasteiger partial charge in [-0.1, -0.05) is 0 Å². The van der Waals surface area contributed by atoms with Crippen molar-refractivity contribution in [3.05, 3.63) is 65.9 Å². The maximum Gasteiger partial charge on any atom is 0.337 e. The molecule has 27 heavy (non-hydrogen) atoms. The molecule has 2 aromatic carbocycles. The smallest absolute Gasteiger partial charge is 0.337 e. The average molecular weight is 365 g/mol. The molecule has 1 aromatic heterocycles. The van der Waals surface area contributed by atoms with Crippen LogP contribution in [-0.4, -0.2) is 35.9 Å². The van der Waals surface area contributed by atoms with Crippen molar-refractivity contribution in [3.63, 3.8) is 0 Å². The molecule has 138 valence electrons. The Kier molecular flexibility index (Phi) is 5.21. The lowest BCUT2D eigenvalue weighted by Gasteiger charge is -2.06. The number of aryl methyl sites for hydroxylation is 1. The summed E-state index contributed by atoms with van der Waals surface area (Å²) >= 11 is 0. The fourth-order valence-electron chi connectivity index (χ4n) is 2.59. The molecule has 3 aromatic rings. The van der Waals surface area contributed by atoms with Crippen LogP contribution in [-0.2, 0) is 11.8 Å². The van der Waals surface area contributed by atoms with Gasteiger partial charge in [0, 0.05) is 18.3 Å². The lowest BCUT2D eigenvalue weighted by atomic mass is 10.1. The van der Waals surface area contributed by atoms with E-state index < -0.39 is 5.97 Å². The summed E-state index contributed by atoms with van der Waals surface area (Å²) in [6, 6.07) is 15.6. The highest BCUT2D eigenvalue weighted by atomic mass is 16.5. The molecule has 0 atom stereocenters. The van der Waals surface area contributed by atoms with E-state index in [0.29, 0.717) is 22.6 Å². The quantitative estimate of drug-likeness (QED) is 0.703. The molecule has 0 radical (unpaired) electrons. The van der Waals surface area contributed by atoms with Crippen LogP contribution in [0.15, 0.2) is 54.6 Å². The minimum atomic E-state index is -0.427. The van der Waals surface area contributed by atoms with Gasteiger partial charge in [-0.25, -0.2) is 4.79 Å². The number of carbonyl (C=O) groups is 2. The van der Waals surface area contributed by atoms with Gasteiger partial charge in [0.2, 0.25) is 0 Å². The summed E-state index contributed by atoms with van der Waals surface area (Å²) in [5.41, 5.74) is 2.97. The second kappa shape index (κ2) is 7.74. The van der Waals surface area contributed by atoms with Gasteiger partial charge in [-0.3, -0.25) is 9.48 Å². The highest BCUT2D eigenvalue weighted by Gasteiger charge is 2.15. The zero-order valence-electron chi connectivity index (χ0n) is 15.2. The van der Waals surface area contributed by atoms with Gasteiger partial charge in [0.1, 0.15) is 11.4 Å². The normalized spacial score (nSPS) is 10.3. The predicted molar refractivity (Wildman–Crippen MR) is 101 cm³/mol. The van der Waals surface area contributed by atoms with E-state index in [4.69, 9.17) is 4.74 Å². The number of benzene rings is 2. The van der Waals surface area contributed by atoms with E-state index in [2.05, 4.69) is 15.2 Å². The molecule has 1 amide bonds. The number of hydrogen-bond acceptors (Lipinski definition) is 5. The van der Waals surface area contributed by atoms with Gasteiger partial charge >= 0.3 is 5.97 Å². The van der Waals surface area contributed by atoms with Crippen molar-refractivity contribution in [2.45, 2.75) is 0 Å². The van der Waals surface area contributed by atoms with Crippen molar-refractivity contribution in [1.82, 2.24) is 9.78 Å². The van der Waals surface area contributed by atoms with Crippen molar-refractivity contribution in [2.24, 2.45) is 7.05 Å². The summed E-state index contributed by atoms with van der Waals surface area (Å²) in [6.45, 7) is 0. The van der Waals surface area contributed by atoms with Gasteiger partial charge in [-0.15, -0.1) is 0 Å². The van der Waals surface area contributed by atoms with Gasteiger partial charge in [-0.2, -0.15) is 5.10 Å². The Morgan fingerprint density at radius 2 is 1.67 bits per heavy atom. The summed E-state index contributed by atoms with van der Waals surface area (Å²) in [7, 11) is 4.64. The van der Waals surface area contributed by atoms with Crippen molar-refractivity contribution in [1.29, 1.82) is 0 Å². The minimum Gasteiger partial charge on any atom is -0.497 e. The maximum atomic E-state index is 12.6. The topological polar surface area (TPSA) is 82.4 Å². The number of anilines is 1. The number of aromatic nitrogens is 2. The molecule has 0 saturated heterocycles. The maximum absolute atomic E-state index is 12.6. The van der Waals surface area contributed by atoms with E-state index in [1.54, 1.807) is 44.5 Å². The van der Waals surface area contributed by atoms with Gasteiger partial charge in [-0.05, 0) is 54.6 Å². The van der Waals surface area contributed by atoms with Crippen molar-refractivity contribution < 1.29 is 19.1 Å². The third-order valence-corrected chi connectivity index (χ3v) is 4.06. The summed E-state index contributed by atoms with van der Waals surface area (Å²) in [5, 5.41) is 7.20. The van der Waals surface area contributed by atoms with E-state index in [0.717, 1.165) is 11.3 Å². The van der Waals surface area contributed by atoms with Gasteiger partial charge in [0.15, 0.2) is 0 Å². The summed E-state index contributed by atoms with van der Waals surface area (Å²) < 4.78 is 11.3. The molecule has 3 rings (SSSR count). The molecule has 0 aliphatic carbocycles. The Labute approximate surface area is 156 Å². The Balaban J connectivity index is 1.77. The van der Waals surface area contributed by atoms with Gasteiger partial charge in [0.05, 0.1) is 25.5 Å². The molecular formula is C20H19N3O4. The molecule has 0 aliphatic rings. The largest absolute Gasteiger partial charge is 0.497 e. The van der Waals surface area contributed by atoms with Gasteiger partial charge in [0.25, 0.3) is 5.91 Å². The number of methoxy groups -OCH3 is 2. The standard InChI is InChI=1S/C20H19N3O4/c1-23-18(12-17(22-23)13-6-10-16(26-2)11-7-13)19(24)21-15-8-4-14(5-9-15)20(25)27-3/h4-12H,1-3H3,(H,21,24). The van der Waals surface area contributed by atoms with E-state index in [1.807, 2.05) is 24.3 Å². The third-order valence-electron chi connectivity index (χ3n) is 4.06. The fraction of sp³-hybridized carbons (Fsp3) is 0.150.